The van der Waals surface area contributed by atoms with E-state index in [-0.39, 0.29) is 12.4 Å². The summed E-state index contributed by atoms with van der Waals surface area (Å²) in [5, 5.41) is 9.02. The van der Waals surface area contributed by atoms with Crippen LogP contribution in [0.5, 0.6) is 5.88 Å². The summed E-state index contributed by atoms with van der Waals surface area (Å²) in [6.07, 6.45) is 0. The SMILES string of the molecule is COc1c(N)cc(C#N)n1Cc1ccccc1F. The van der Waals surface area contributed by atoms with E-state index >= 15 is 0 Å². The summed E-state index contributed by atoms with van der Waals surface area (Å²) in [4.78, 5) is 0. The van der Waals surface area contributed by atoms with Crippen LogP contribution in [0, 0.1) is 17.1 Å². The largest absolute Gasteiger partial charge is 0.481 e. The molecule has 1 heterocycles. The highest BCUT2D eigenvalue weighted by Gasteiger charge is 2.15. The number of nitrogens with two attached hydrogens (primary N) is 1. The van der Waals surface area contributed by atoms with Crippen LogP contribution in [0.1, 0.15) is 11.3 Å². The van der Waals surface area contributed by atoms with E-state index in [2.05, 4.69) is 0 Å². The molecule has 2 N–H and O–H groups in total. The maximum atomic E-state index is 13.6. The van der Waals surface area contributed by atoms with Gasteiger partial charge in [0.25, 0.3) is 0 Å². The second-order valence-corrected chi connectivity index (χ2v) is 3.78. The minimum Gasteiger partial charge on any atom is -0.481 e. The number of aromatic nitrogens is 1. The van der Waals surface area contributed by atoms with Gasteiger partial charge in [0.05, 0.1) is 19.3 Å². The summed E-state index contributed by atoms with van der Waals surface area (Å²) in [7, 11) is 1.46. The molecule has 2 aromatic rings. The van der Waals surface area contributed by atoms with Crippen LogP contribution >= 0.6 is 0 Å². The lowest BCUT2D eigenvalue weighted by Crippen LogP contribution is -2.06. The summed E-state index contributed by atoms with van der Waals surface area (Å²) in [5.41, 5.74) is 6.91. The molecule has 0 aliphatic heterocycles. The number of rotatable bonds is 3. The molecular formula is C13H12FN3O. The molecule has 0 saturated heterocycles. The van der Waals surface area contributed by atoms with Crippen LogP contribution in [-0.4, -0.2) is 11.7 Å². The van der Waals surface area contributed by atoms with E-state index in [0.29, 0.717) is 22.8 Å². The van der Waals surface area contributed by atoms with Crippen LogP contribution in [0.3, 0.4) is 0 Å². The minimum atomic E-state index is -0.323. The Balaban J connectivity index is 2.46. The van der Waals surface area contributed by atoms with Crippen molar-refractivity contribution < 1.29 is 9.13 Å². The monoisotopic (exact) mass is 245 g/mol. The van der Waals surface area contributed by atoms with Gasteiger partial charge in [0, 0.05) is 11.6 Å². The first-order chi connectivity index (χ1) is 8.67. The van der Waals surface area contributed by atoms with Crippen molar-refractivity contribution in [3.8, 4) is 11.9 Å². The first-order valence-corrected chi connectivity index (χ1v) is 5.34. The Morgan fingerprint density at radius 1 is 1.44 bits per heavy atom. The van der Waals surface area contributed by atoms with Gasteiger partial charge in [-0.25, -0.2) is 4.39 Å². The predicted molar refractivity (Wildman–Crippen MR) is 65.6 cm³/mol. The Morgan fingerprint density at radius 3 is 2.78 bits per heavy atom. The molecular weight excluding hydrogens is 233 g/mol. The topological polar surface area (TPSA) is 64.0 Å². The second-order valence-electron chi connectivity index (χ2n) is 3.78. The fourth-order valence-corrected chi connectivity index (χ4v) is 1.83. The highest BCUT2D eigenvalue weighted by Crippen LogP contribution is 2.27. The van der Waals surface area contributed by atoms with Crippen molar-refractivity contribution in [1.82, 2.24) is 4.57 Å². The quantitative estimate of drug-likeness (QED) is 0.901. The Morgan fingerprint density at radius 2 is 2.17 bits per heavy atom. The van der Waals surface area contributed by atoms with Gasteiger partial charge in [0.1, 0.15) is 17.6 Å². The summed E-state index contributed by atoms with van der Waals surface area (Å²) >= 11 is 0. The van der Waals surface area contributed by atoms with E-state index in [4.69, 9.17) is 15.7 Å². The van der Waals surface area contributed by atoms with E-state index < -0.39 is 0 Å². The molecule has 0 unspecified atom stereocenters. The molecule has 5 heteroatoms. The molecule has 1 aromatic heterocycles. The van der Waals surface area contributed by atoms with E-state index in [1.54, 1.807) is 22.8 Å². The average molecular weight is 245 g/mol. The number of hydrogen-bond donors (Lipinski definition) is 1. The van der Waals surface area contributed by atoms with Crippen LogP contribution in [0.25, 0.3) is 0 Å². The molecule has 0 aliphatic rings. The number of benzene rings is 1. The third-order valence-electron chi connectivity index (χ3n) is 2.67. The molecule has 18 heavy (non-hydrogen) atoms. The van der Waals surface area contributed by atoms with Gasteiger partial charge in [0.2, 0.25) is 5.88 Å². The van der Waals surface area contributed by atoms with Crippen molar-refractivity contribution in [2.45, 2.75) is 6.54 Å². The molecule has 0 saturated carbocycles. The third-order valence-corrected chi connectivity index (χ3v) is 2.67. The maximum Gasteiger partial charge on any atom is 0.218 e. The highest BCUT2D eigenvalue weighted by molar-refractivity contribution is 5.55. The van der Waals surface area contributed by atoms with Crippen molar-refractivity contribution in [3.63, 3.8) is 0 Å². The van der Waals surface area contributed by atoms with Gasteiger partial charge in [-0.1, -0.05) is 18.2 Å². The van der Waals surface area contributed by atoms with Gasteiger partial charge in [-0.15, -0.1) is 0 Å². The number of halogens is 1. The molecule has 0 fully saturated rings. The normalized spacial score (nSPS) is 10.1. The Hall–Kier alpha value is -2.48. The standard InChI is InChI=1S/C13H12FN3O/c1-18-13-12(16)6-10(7-15)17(13)8-9-4-2-3-5-11(9)14/h2-6H,8,16H2,1H3. The summed E-state index contributed by atoms with van der Waals surface area (Å²) in [6, 6.07) is 9.92. The highest BCUT2D eigenvalue weighted by atomic mass is 19.1. The zero-order chi connectivity index (χ0) is 13.1. The molecule has 0 aliphatic carbocycles. The van der Waals surface area contributed by atoms with E-state index in [1.807, 2.05) is 6.07 Å². The van der Waals surface area contributed by atoms with Crippen molar-refractivity contribution in [2.24, 2.45) is 0 Å². The molecule has 4 nitrogen and oxygen atoms in total. The van der Waals surface area contributed by atoms with Gasteiger partial charge >= 0.3 is 0 Å². The van der Waals surface area contributed by atoms with Gasteiger partial charge in [-0.05, 0) is 6.07 Å². The Bertz CT molecular complexity index is 613. The van der Waals surface area contributed by atoms with E-state index in [0.717, 1.165) is 0 Å². The summed E-state index contributed by atoms with van der Waals surface area (Å²) in [5.74, 6) is 0.0468. The van der Waals surface area contributed by atoms with Crippen molar-refractivity contribution in [3.05, 3.63) is 47.4 Å². The number of nitrogen functional groups attached to an aromatic ring is 1. The van der Waals surface area contributed by atoms with E-state index in [9.17, 15) is 4.39 Å². The van der Waals surface area contributed by atoms with Crippen LogP contribution in [0.15, 0.2) is 30.3 Å². The molecule has 0 spiro atoms. The number of methoxy groups -OCH3 is 1. The molecule has 0 amide bonds. The lowest BCUT2D eigenvalue weighted by molar-refractivity contribution is 0.378. The smallest absolute Gasteiger partial charge is 0.218 e. The lowest BCUT2D eigenvalue weighted by Gasteiger charge is -2.10. The number of hydrogen-bond acceptors (Lipinski definition) is 3. The second kappa shape index (κ2) is 4.80. The number of nitriles is 1. The zero-order valence-corrected chi connectivity index (χ0v) is 9.85. The fourth-order valence-electron chi connectivity index (χ4n) is 1.83. The predicted octanol–water partition coefficient (Wildman–Crippen LogP) is 2.14. The van der Waals surface area contributed by atoms with Gasteiger partial charge in [0.15, 0.2) is 0 Å². The third kappa shape index (κ3) is 2.00. The molecule has 1 aromatic carbocycles. The first kappa shape index (κ1) is 12.0. The van der Waals surface area contributed by atoms with Crippen molar-refractivity contribution in [1.29, 1.82) is 5.26 Å². The van der Waals surface area contributed by atoms with Gasteiger partial charge in [-0.2, -0.15) is 5.26 Å². The van der Waals surface area contributed by atoms with Crippen LogP contribution in [0.2, 0.25) is 0 Å². The van der Waals surface area contributed by atoms with Crippen LogP contribution < -0.4 is 10.5 Å². The van der Waals surface area contributed by atoms with Gasteiger partial charge < -0.3 is 10.5 Å². The first-order valence-electron chi connectivity index (χ1n) is 5.34. The molecule has 0 bridgehead atoms. The van der Waals surface area contributed by atoms with Crippen molar-refractivity contribution >= 4 is 5.69 Å². The molecule has 0 atom stereocenters. The maximum absolute atomic E-state index is 13.6. The Kier molecular flexibility index (Phi) is 3.20. The zero-order valence-electron chi connectivity index (χ0n) is 9.85. The number of nitrogens with zero attached hydrogens (tertiary/aromatic N) is 2. The van der Waals surface area contributed by atoms with Gasteiger partial charge in [-0.3, -0.25) is 4.57 Å². The molecule has 0 radical (unpaired) electrons. The average Bonchev–Trinajstić information content (AvgIpc) is 2.67. The molecule has 92 valence electrons. The fraction of sp³-hybridized carbons (Fsp3) is 0.154. The number of anilines is 1. The number of ether oxygens (including phenoxy) is 1. The van der Waals surface area contributed by atoms with Crippen molar-refractivity contribution in [2.75, 3.05) is 12.8 Å². The van der Waals surface area contributed by atoms with Crippen LogP contribution in [-0.2, 0) is 6.54 Å². The van der Waals surface area contributed by atoms with Crippen LogP contribution in [0.4, 0.5) is 10.1 Å². The Labute approximate surface area is 104 Å². The minimum absolute atomic E-state index is 0.204. The summed E-state index contributed by atoms with van der Waals surface area (Å²) in [6.45, 7) is 0.204. The summed E-state index contributed by atoms with van der Waals surface area (Å²) < 4.78 is 20.3. The van der Waals surface area contributed by atoms with E-state index in [1.165, 1.54) is 19.2 Å². The lowest BCUT2D eigenvalue weighted by atomic mass is 10.2. The molecule has 2 rings (SSSR count).